The molecule has 0 saturated carbocycles. The van der Waals surface area contributed by atoms with E-state index in [4.69, 9.17) is 9.47 Å². The number of esters is 1. The number of carbonyl (C=O) groups is 2. The van der Waals surface area contributed by atoms with Gasteiger partial charge in [0.05, 0.1) is 24.3 Å². The average Bonchev–Trinajstić information content (AvgIpc) is 2.94. The van der Waals surface area contributed by atoms with Gasteiger partial charge in [0.15, 0.2) is 15.0 Å². The summed E-state index contributed by atoms with van der Waals surface area (Å²) >= 11 is 0.934. The molecule has 140 valence electrons. The van der Waals surface area contributed by atoms with Crippen molar-refractivity contribution in [3.8, 4) is 5.75 Å². The summed E-state index contributed by atoms with van der Waals surface area (Å²) in [6.45, 7) is 3.51. The molecule has 0 aliphatic heterocycles. The molecule has 0 bridgehead atoms. The molecule has 0 fully saturated rings. The highest BCUT2D eigenvalue weighted by atomic mass is 32.2. The zero-order valence-corrected chi connectivity index (χ0v) is 16.1. The Kier molecular flexibility index (Phi) is 6.32. The SMILES string of the molecule is CCOC(=O)c1sc(NC(=O)CS(=O)(=O)c2ccc(OC)cc2)nc1C. The van der Waals surface area contributed by atoms with Crippen LogP contribution in [-0.4, -0.2) is 44.7 Å². The first kappa shape index (κ1) is 19.9. The summed E-state index contributed by atoms with van der Waals surface area (Å²) in [6.07, 6.45) is 0. The number of nitrogens with one attached hydrogen (secondary N) is 1. The number of sulfone groups is 1. The molecule has 2 aromatic rings. The van der Waals surface area contributed by atoms with Crippen molar-refractivity contribution in [3.05, 3.63) is 34.8 Å². The summed E-state index contributed by atoms with van der Waals surface area (Å²) in [5.74, 6) is -1.51. The Bertz CT molecular complexity index is 903. The first-order valence-electron chi connectivity index (χ1n) is 7.58. The van der Waals surface area contributed by atoms with Gasteiger partial charge >= 0.3 is 5.97 Å². The summed E-state index contributed by atoms with van der Waals surface area (Å²) in [4.78, 5) is 28.2. The molecule has 2 rings (SSSR count). The normalized spacial score (nSPS) is 11.0. The van der Waals surface area contributed by atoms with E-state index in [1.165, 1.54) is 31.4 Å². The van der Waals surface area contributed by atoms with Gasteiger partial charge in [-0.25, -0.2) is 18.2 Å². The van der Waals surface area contributed by atoms with Crippen molar-refractivity contribution in [3.63, 3.8) is 0 Å². The van der Waals surface area contributed by atoms with Crippen LogP contribution in [-0.2, 0) is 19.4 Å². The van der Waals surface area contributed by atoms with Crippen molar-refractivity contribution in [2.24, 2.45) is 0 Å². The molecule has 0 unspecified atom stereocenters. The van der Waals surface area contributed by atoms with E-state index in [0.717, 1.165) is 11.3 Å². The highest BCUT2D eigenvalue weighted by Gasteiger charge is 2.22. The van der Waals surface area contributed by atoms with Crippen LogP contribution in [0, 0.1) is 6.92 Å². The number of anilines is 1. The standard InChI is InChI=1S/C16H18N2O6S2/c1-4-24-15(20)14-10(2)17-16(25-14)18-13(19)9-26(21,22)12-7-5-11(23-3)6-8-12/h5-8H,4,9H2,1-3H3,(H,17,18,19). The van der Waals surface area contributed by atoms with Gasteiger partial charge in [-0.15, -0.1) is 0 Å². The number of thiazole rings is 1. The van der Waals surface area contributed by atoms with Crippen LogP contribution in [0.25, 0.3) is 0 Å². The van der Waals surface area contributed by atoms with Crippen LogP contribution in [0.2, 0.25) is 0 Å². The molecule has 1 N–H and O–H groups in total. The second-order valence-electron chi connectivity index (χ2n) is 5.14. The largest absolute Gasteiger partial charge is 0.497 e. The number of benzene rings is 1. The maximum atomic E-state index is 12.3. The minimum absolute atomic E-state index is 0.0102. The van der Waals surface area contributed by atoms with Gasteiger partial charge in [-0.1, -0.05) is 11.3 Å². The first-order valence-corrected chi connectivity index (χ1v) is 10.0. The molecule has 1 amide bonds. The topological polar surface area (TPSA) is 112 Å². The van der Waals surface area contributed by atoms with Crippen LogP contribution >= 0.6 is 11.3 Å². The number of hydrogen-bond donors (Lipinski definition) is 1. The van der Waals surface area contributed by atoms with Crippen LogP contribution in [0.5, 0.6) is 5.75 Å². The van der Waals surface area contributed by atoms with Gasteiger partial charge in [-0.2, -0.15) is 0 Å². The highest BCUT2D eigenvalue weighted by molar-refractivity contribution is 7.92. The molecule has 1 aromatic carbocycles. The summed E-state index contributed by atoms with van der Waals surface area (Å²) in [5, 5.41) is 2.54. The lowest BCUT2D eigenvalue weighted by Crippen LogP contribution is -2.22. The minimum Gasteiger partial charge on any atom is -0.497 e. The van der Waals surface area contributed by atoms with E-state index in [0.29, 0.717) is 11.4 Å². The third-order valence-corrected chi connectivity index (χ3v) is 5.93. The van der Waals surface area contributed by atoms with Crippen LogP contribution in [0.15, 0.2) is 29.2 Å². The van der Waals surface area contributed by atoms with E-state index < -0.39 is 27.5 Å². The molecule has 0 radical (unpaired) electrons. The lowest BCUT2D eigenvalue weighted by molar-refractivity contribution is -0.113. The second kappa shape index (κ2) is 8.28. The Labute approximate surface area is 155 Å². The Hall–Kier alpha value is -2.46. The first-order chi connectivity index (χ1) is 12.3. The van der Waals surface area contributed by atoms with E-state index >= 15 is 0 Å². The number of ether oxygens (including phenoxy) is 2. The maximum absolute atomic E-state index is 12.3. The summed E-state index contributed by atoms with van der Waals surface area (Å²) in [7, 11) is -2.35. The molecule has 0 saturated heterocycles. The number of aromatic nitrogens is 1. The van der Waals surface area contributed by atoms with Gasteiger partial charge in [0.1, 0.15) is 16.4 Å². The van der Waals surface area contributed by atoms with Crippen LogP contribution in [0.4, 0.5) is 5.13 Å². The fourth-order valence-corrected chi connectivity index (χ4v) is 4.04. The minimum atomic E-state index is -3.82. The summed E-state index contributed by atoms with van der Waals surface area (Å²) in [6, 6.07) is 5.74. The molecule has 26 heavy (non-hydrogen) atoms. The van der Waals surface area contributed by atoms with Gasteiger partial charge in [-0.3, -0.25) is 4.79 Å². The van der Waals surface area contributed by atoms with Crippen LogP contribution in [0.1, 0.15) is 22.3 Å². The molecular formula is C16H18N2O6S2. The molecule has 0 aliphatic carbocycles. The van der Waals surface area contributed by atoms with Crippen LogP contribution in [0.3, 0.4) is 0 Å². The van der Waals surface area contributed by atoms with E-state index in [9.17, 15) is 18.0 Å². The lowest BCUT2D eigenvalue weighted by Gasteiger charge is -2.05. The van der Waals surface area contributed by atoms with Gasteiger partial charge in [0.2, 0.25) is 5.91 Å². The fourth-order valence-electron chi connectivity index (χ4n) is 2.03. The lowest BCUT2D eigenvalue weighted by atomic mass is 10.3. The fraction of sp³-hybridized carbons (Fsp3) is 0.312. The number of nitrogens with zero attached hydrogens (tertiary/aromatic N) is 1. The molecule has 0 aliphatic rings. The van der Waals surface area contributed by atoms with Crippen molar-refractivity contribution in [2.45, 2.75) is 18.7 Å². The zero-order chi connectivity index (χ0) is 19.3. The molecule has 1 aromatic heterocycles. The zero-order valence-electron chi connectivity index (χ0n) is 14.4. The van der Waals surface area contributed by atoms with Crippen molar-refractivity contribution in [1.29, 1.82) is 0 Å². The Morgan fingerprint density at radius 3 is 2.46 bits per heavy atom. The van der Waals surface area contributed by atoms with Crippen LogP contribution < -0.4 is 10.1 Å². The number of aryl methyl sites for hydroxylation is 1. The Balaban J connectivity index is 2.08. The van der Waals surface area contributed by atoms with Crippen molar-refractivity contribution >= 4 is 38.2 Å². The van der Waals surface area contributed by atoms with Crippen molar-refractivity contribution in [1.82, 2.24) is 4.98 Å². The van der Waals surface area contributed by atoms with Gasteiger partial charge < -0.3 is 14.8 Å². The number of rotatable bonds is 7. The molecule has 1 heterocycles. The molecule has 8 nitrogen and oxygen atoms in total. The molecular weight excluding hydrogens is 380 g/mol. The predicted octanol–water partition coefficient (Wildman–Crippen LogP) is 2.05. The Morgan fingerprint density at radius 1 is 1.23 bits per heavy atom. The third kappa shape index (κ3) is 4.79. The smallest absolute Gasteiger partial charge is 0.350 e. The number of methoxy groups -OCH3 is 1. The monoisotopic (exact) mass is 398 g/mol. The van der Waals surface area contributed by atoms with Gasteiger partial charge in [-0.05, 0) is 38.1 Å². The van der Waals surface area contributed by atoms with Gasteiger partial charge in [0, 0.05) is 0 Å². The van der Waals surface area contributed by atoms with E-state index in [2.05, 4.69) is 10.3 Å². The number of amides is 1. The maximum Gasteiger partial charge on any atom is 0.350 e. The highest BCUT2D eigenvalue weighted by Crippen LogP contribution is 2.24. The summed E-state index contributed by atoms with van der Waals surface area (Å²) in [5.41, 5.74) is 0.404. The molecule has 10 heteroatoms. The molecule has 0 spiro atoms. The second-order valence-corrected chi connectivity index (χ2v) is 8.13. The quantitative estimate of drug-likeness (QED) is 0.710. The van der Waals surface area contributed by atoms with Gasteiger partial charge in [0.25, 0.3) is 0 Å². The average molecular weight is 398 g/mol. The van der Waals surface area contributed by atoms with Crippen molar-refractivity contribution < 1.29 is 27.5 Å². The van der Waals surface area contributed by atoms with Crippen molar-refractivity contribution in [2.75, 3.05) is 24.8 Å². The third-order valence-electron chi connectivity index (χ3n) is 3.24. The Morgan fingerprint density at radius 2 is 1.88 bits per heavy atom. The number of hydrogen-bond acceptors (Lipinski definition) is 8. The molecule has 0 atom stereocenters. The summed E-state index contributed by atoms with van der Waals surface area (Å²) < 4.78 is 34.5. The predicted molar refractivity (Wildman–Crippen MR) is 96.5 cm³/mol. The number of carbonyl (C=O) groups excluding carboxylic acids is 2. The van der Waals surface area contributed by atoms with E-state index in [1.54, 1.807) is 13.8 Å². The van der Waals surface area contributed by atoms with E-state index in [1.807, 2.05) is 0 Å². The van der Waals surface area contributed by atoms with E-state index in [-0.39, 0.29) is 21.5 Å².